The summed E-state index contributed by atoms with van der Waals surface area (Å²) in [5, 5.41) is 10.2. The average molecular weight is 289 g/mol. The van der Waals surface area contributed by atoms with Crippen LogP contribution >= 0.6 is 0 Å². The van der Waals surface area contributed by atoms with Crippen LogP contribution in [0.15, 0.2) is 48.5 Å². The van der Waals surface area contributed by atoms with Gasteiger partial charge in [-0.1, -0.05) is 24.3 Å². The van der Waals surface area contributed by atoms with E-state index in [2.05, 4.69) is 0 Å². The quantitative estimate of drug-likeness (QED) is 0.884. The van der Waals surface area contributed by atoms with Crippen LogP contribution in [-0.2, 0) is 0 Å². The summed E-state index contributed by atoms with van der Waals surface area (Å²) in [6.45, 7) is 0.666. The molecule has 112 valence electrons. The third-order valence-electron chi connectivity index (χ3n) is 3.49. The molecule has 2 rings (SSSR count). The van der Waals surface area contributed by atoms with Crippen molar-refractivity contribution in [3.63, 3.8) is 0 Å². The summed E-state index contributed by atoms with van der Waals surface area (Å²) in [6, 6.07) is 13.7. The Bertz CT molecular complexity index is 571. The molecule has 0 aromatic heterocycles. The number of hydrogen-bond donors (Lipinski definition) is 1. The van der Waals surface area contributed by atoms with Crippen molar-refractivity contribution in [2.45, 2.75) is 12.5 Å². The van der Waals surface area contributed by atoms with Crippen LogP contribution < -0.4 is 9.64 Å². The third kappa shape index (κ3) is 3.95. The van der Waals surface area contributed by atoms with Crippen molar-refractivity contribution in [2.24, 2.45) is 0 Å². The number of nitrogens with zero attached hydrogens (tertiary/aromatic N) is 1. The summed E-state index contributed by atoms with van der Waals surface area (Å²) in [5.74, 6) is 0.508. The van der Waals surface area contributed by atoms with Crippen molar-refractivity contribution in [3.8, 4) is 5.75 Å². The van der Waals surface area contributed by atoms with Gasteiger partial charge in [-0.25, -0.2) is 4.39 Å². The second kappa shape index (κ2) is 7.09. The molecule has 0 spiro atoms. The lowest BCUT2D eigenvalue weighted by Gasteiger charge is -2.23. The highest BCUT2D eigenvalue weighted by atomic mass is 19.1. The van der Waals surface area contributed by atoms with E-state index in [1.165, 1.54) is 12.1 Å². The zero-order valence-electron chi connectivity index (χ0n) is 12.3. The van der Waals surface area contributed by atoms with Gasteiger partial charge in [0.15, 0.2) is 0 Å². The van der Waals surface area contributed by atoms with Crippen molar-refractivity contribution in [2.75, 3.05) is 25.6 Å². The lowest BCUT2D eigenvalue weighted by atomic mass is 10.1. The van der Waals surface area contributed by atoms with Gasteiger partial charge in [-0.2, -0.15) is 0 Å². The maximum absolute atomic E-state index is 12.9. The van der Waals surface area contributed by atoms with Crippen molar-refractivity contribution < 1.29 is 14.2 Å². The highest BCUT2D eigenvalue weighted by molar-refractivity contribution is 5.57. The standard InChI is InChI=1S/C17H20FNO2/c1-19(15-5-3-4-6-17(15)21-2)12-11-16(20)13-7-9-14(18)10-8-13/h3-10,16,20H,11-12H2,1-2H3. The molecule has 2 aromatic carbocycles. The largest absolute Gasteiger partial charge is 0.495 e. The number of rotatable bonds is 6. The molecule has 0 radical (unpaired) electrons. The zero-order valence-corrected chi connectivity index (χ0v) is 12.3. The smallest absolute Gasteiger partial charge is 0.142 e. The Morgan fingerprint density at radius 1 is 1.14 bits per heavy atom. The molecule has 1 unspecified atom stereocenters. The van der Waals surface area contributed by atoms with Crippen LogP contribution in [0.4, 0.5) is 10.1 Å². The van der Waals surface area contributed by atoms with Crippen LogP contribution in [0.1, 0.15) is 18.1 Å². The van der Waals surface area contributed by atoms with Crippen LogP contribution in [0.3, 0.4) is 0 Å². The van der Waals surface area contributed by atoms with Gasteiger partial charge in [0.2, 0.25) is 0 Å². The molecule has 1 atom stereocenters. The molecule has 1 N–H and O–H groups in total. The minimum absolute atomic E-state index is 0.294. The Morgan fingerprint density at radius 3 is 2.48 bits per heavy atom. The maximum Gasteiger partial charge on any atom is 0.142 e. The van der Waals surface area contributed by atoms with E-state index < -0.39 is 6.10 Å². The van der Waals surface area contributed by atoms with Crippen LogP contribution in [-0.4, -0.2) is 25.8 Å². The van der Waals surface area contributed by atoms with Gasteiger partial charge < -0.3 is 14.7 Å². The second-order valence-corrected chi connectivity index (χ2v) is 4.95. The van der Waals surface area contributed by atoms with Crippen LogP contribution in [0, 0.1) is 5.82 Å². The van der Waals surface area contributed by atoms with Gasteiger partial charge in [0.05, 0.1) is 18.9 Å². The molecular weight excluding hydrogens is 269 g/mol. The van der Waals surface area contributed by atoms with E-state index in [0.29, 0.717) is 13.0 Å². The van der Waals surface area contributed by atoms with Gasteiger partial charge in [0.1, 0.15) is 11.6 Å². The van der Waals surface area contributed by atoms with Crippen LogP contribution in [0.2, 0.25) is 0 Å². The van der Waals surface area contributed by atoms with E-state index in [4.69, 9.17) is 4.74 Å². The van der Waals surface area contributed by atoms with Gasteiger partial charge in [0, 0.05) is 13.6 Å². The fraction of sp³-hybridized carbons (Fsp3) is 0.294. The Labute approximate surface area is 124 Å². The molecule has 0 fully saturated rings. The molecule has 0 amide bonds. The van der Waals surface area contributed by atoms with E-state index in [1.54, 1.807) is 19.2 Å². The first-order valence-electron chi connectivity index (χ1n) is 6.89. The molecule has 0 heterocycles. The molecule has 0 aliphatic rings. The van der Waals surface area contributed by atoms with E-state index in [9.17, 15) is 9.50 Å². The monoisotopic (exact) mass is 289 g/mol. The zero-order chi connectivity index (χ0) is 15.2. The summed E-state index contributed by atoms with van der Waals surface area (Å²) in [5.41, 5.74) is 1.70. The molecule has 2 aromatic rings. The predicted octanol–water partition coefficient (Wildman–Crippen LogP) is 3.39. The number of methoxy groups -OCH3 is 1. The third-order valence-corrected chi connectivity index (χ3v) is 3.49. The average Bonchev–Trinajstić information content (AvgIpc) is 2.52. The van der Waals surface area contributed by atoms with Gasteiger partial charge in [-0.15, -0.1) is 0 Å². The number of benzene rings is 2. The first kappa shape index (κ1) is 15.3. The molecular formula is C17H20FNO2. The summed E-state index contributed by atoms with van der Waals surface area (Å²) < 4.78 is 18.2. The van der Waals surface area contributed by atoms with Crippen LogP contribution in [0.5, 0.6) is 5.75 Å². The van der Waals surface area contributed by atoms with E-state index in [1.807, 2.05) is 36.2 Å². The SMILES string of the molecule is COc1ccccc1N(C)CCC(O)c1ccc(F)cc1. The Morgan fingerprint density at radius 2 is 1.81 bits per heavy atom. The summed E-state index contributed by atoms with van der Waals surface area (Å²) in [4.78, 5) is 2.03. The van der Waals surface area contributed by atoms with E-state index in [0.717, 1.165) is 17.0 Å². The molecule has 0 saturated carbocycles. The molecule has 0 saturated heterocycles. The van der Waals surface area contributed by atoms with Gasteiger partial charge in [-0.05, 0) is 36.2 Å². The lowest BCUT2D eigenvalue weighted by molar-refractivity contribution is 0.169. The summed E-state index contributed by atoms with van der Waals surface area (Å²) in [6.07, 6.45) is -0.0528. The maximum atomic E-state index is 12.9. The summed E-state index contributed by atoms with van der Waals surface area (Å²) in [7, 11) is 3.59. The number of hydrogen-bond acceptors (Lipinski definition) is 3. The van der Waals surface area contributed by atoms with Crippen molar-refractivity contribution in [1.29, 1.82) is 0 Å². The first-order valence-corrected chi connectivity index (χ1v) is 6.89. The predicted molar refractivity (Wildman–Crippen MR) is 82.2 cm³/mol. The van der Waals surface area contributed by atoms with Gasteiger partial charge in [-0.3, -0.25) is 0 Å². The van der Waals surface area contributed by atoms with Crippen molar-refractivity contribution in [1.82, 2.24) is 0 Å². The molecule has 0 aliphatic heterocycles. The molecule has 3 nitrogen and oxygen atoms in total. The summed E-state index contributed by atoms with van der Waals surface area (Å²) >= 11 is 0. The minimum atomic E-state index is -0.609. The van der Waals surface area contributed by atoms with Gasteiger partial charge >= 0.3 is 0 Å². The number of anilines is 1. The lowest BCUT2D eigenvalue weighted by Crippen LogP contribution is -2.21. The molecule has 0 bridgehead atoms. The number of halogens is 1. The highest BCUT2D eigenvalue weighted by Gasteiger charge is 2.11. The fourth-order valence-electron chi connectivity index (χ4n) is 2.23. The molecule has 4 heteroatoms. The second-order valence-electron chi connectivity index (χ2n) is 4.95. The fourth-order valence-corrected chi connectivity index (χ4v) is 2.23. The topological polar surface area (TPSA) is 32.7 Å². The Kier molecular flexibility index (Phi) is 5.17. The number of ether oxygens (including phenoxy) is 1. The van der Waals surface area contributed by atoms with E-state index in [-0.39, 0.29) is 5.82 Å². The number of aliphatic hydroxyl groups is 1. The Balaban J connectivity index is 1.97. The number of para-hydroxylation sites is 2. The highest BCUT2D eigenvalue weighted by Crippen LogP contribution is 2.27. The number of aliphatic hydroxyl groups excluding tert-OH is 1. The molecule has 21 heavy (non-hydrogen) atoms. The molecule has 0 aliphatic carbocycles. The van der Waals surface area contributed by atoms with Crippen LogP contribution in [0.25, 0.3) is 0 Å². The Hall–Kier alpha value is -2.07. The minimum Gasteiger partial charge on any atom is -0.495 e. The van der Waals surface area contributed by atoms with Gasteiger partial charge in [0.25, 0.3) is 0 Å². The van der Waals surface area contributed by atoms with Crippen molar-refractivity contribution >= 4 is 5.69 Å². The van der Waals surface area contributed by atoms with E-state index >= 15 is 0 Å². The van der Waals surface area contributed by atoms with Crippen molar-refractivity contribution in [3.05, 3.63) is 59.9 Å². The first-order chi connectivity index (χ1) is 10.1. The normalized spacial score (nSPS) is 12.0.